The van der Waals surface area contributed by atoms with E-state index in [1.54, 1.807) is 18.2 Å². The van der Waals surface area contributed by atoms with Gasteiger partial charge in [-0.3, -0.25) is 4.79 Å². The molecule has 5 rings (SSSR count). The molecule has 1 saturated heterocycles. The molecule has 0 radical (unpaired) electrons. The summed E-state index contributed by atoms with van der Waals surface area (Å²) in [5.41, 5.74) is 0.228. The summed E-state index contributed by atoms with van der Waals surface area (Å²) in [6.45, 7) is 7.35. The van der Waals surface area contributed by atoms with Crippen molar-refractivity contribution in [1.29, 1.82) is 0 Å². The van der Waals surface area contributed by atoms with Gasteiger partial charge in [-0.1, -0.05) is 68.2 Å². The average molecular weight is 555 g/mol. The second kappa shape index (κ2) is 10.1. The van der Waals surface area contributed by atoms with Crippen LogP contribution in [0, 0.1) is 0 Å². The molecule has 0 aromatic heterocycles. The lowest BCUT2D eigenvalue weighted by Gasteiger charge is -2.28. The van der Waals surface area contributed by atoms with Crippen LogP contribution in [0.2, 0.25) is 25.7 Å². The molecule has 0 amide bonds. The van der Waals surface area contributed by atoms with Crippen molar-refractivity contribution in [3.8, 4) is 17.2 Å². The van der Waals surface area contributed by atoms with Crippen molar-refractivity contribution in [2.75, 3.05) is 6.61 Å². The molecule has 3 aromatic carbocycles. The first-order valence-corrected chi connectivity index (χ1v) is 17.5. The Morgan fingerprint density at radius 1 is 0.974 bits per heavy atom. The average Bonchev–Trinajstić information content (AvgIpc) is 3.32. The molecule has 0 aliphatic carbocycles. The molecule has 2 aliphatic heterocycles. The molecule has 8 nitrogen and oxygen atoms in total. The van der Waals surface area contributed by atoms with Gasteiger partial charge in [-0.15, -0.1) is 0 Å². The fourth-order valence-corrected chi connectivity index (χ4v) is 6.11. The van der Waals surface area contributed by atoms with Crippen LogP contribution < -0.4 is 13.7 Å². The predicted molar refractivity (Wildman–Crippen MR) is 142 cm³/mol. The van der Waals surface area contributed by atoms with Gasteiger partial charge in [0.2, 0.25) is 0 Å². The maximum atomic E-state index is 12.9. The Labute approximate surface area is 223 Å². The Morgan fingerprint density at radius 2 is 1.66 bits per heavy atom. The van der Waals surface area contributed by atoms with Crippen LogP contribution in [0.5, 0.6) is 17.2 Å². The summed E-state index contributed by atoms with van der Waals surface area (Å²) < 4.78 is 55.5. The molecule has 200 valence electrons. The van der Waals surface area contributed by atoms with Gasteiger partial charge in [-0.2, -0.15) is 8.42 Å². The third-order valence-corrected chi connectivity index (χ3v) is 9.38. The Morgan fingerprint density at radius 3 is 2.34 bits per heavy atom. The van der Waals surface area contributed by atoms with Crippen molar-refractivity contribution in [1.82, 2.24) is 0 Å². The third-order valence-electron chi connectivity index (χ3n) is 6.41. The highest BCUT2D eigenvalue weighted by atomic mass is 32.2. The first-order valence-electron chi connectivity index (χ1n) is 12.4. The van der Waals surface area contributed by atoms with E-state index >= 15 is 0 Å². The van der Waals surface area contributed by atoms with Gasteiger partial charge in [0.05, 0.1) is 12.0 Å². The Balaban J connectivity index is 1.54. The number of fused-ring (bicyclic) bond motifs is 3. The summed E-state index contributed by atoms with van der Waals surface area (Å²) in [7, 11) is -5.55. The summed E-state index contributed by atoms with van der Waals surface area (Å²) >= 11 is 0. The van der Waals surface area contributed by atoms with Gasteiger partial charge in [0.15, 0.2) is 5.60 Å². The minimum atomic E-state index is -4.11. The molecule has 2 aliphatic rings. The topological polar surface area (TPSA) is 97.4 Å². The minimum Gasteiger partial charge on any atom is -0.488 e. The van der Waals surface area contributed by atoms with Crippen molar-refractivity contribution >= 4 is 24.2 Å². The van der Waals surface area contributed by atoms with Gasteiger partial charge in [0.25, 0.3) is 6.29 Å². The van der Waals surface area contributed by atoms with Crippen molar-refractivity contribution in [3.63, 3.8) is 0 Å². The zero-order chi connectivity index (χ0) is 27.0. The summed E-state index contributed by atoms with van der Waals surface area (Å²) in [6, 6.07) is 21.3. The van der Waals surface area contributed by atoms with Gasteiger partial charge in [-0.05, 0) is 23.7 Å². The van der Waals surface area contributed by atoms with Crippen LogP contribution in [-0.4, -0.2) is 35.4 Å². The van der Waals surface area contributed by atoms with Gasteiger partial charge < -0.3 is 23.1 Å². The molecule has 0 spiro atoms. The van der Waals surface area contributed by atoms with Crippen LogP contribution in [0.3, 0.4) is 0 Å². The second-order valence-electron chi connectivity index (χ2n) is 10.6. The van der Waals surface area contributed by atoms with E-state index in [0.717, 1.165) is 11.6 Å². The van der Waals surface area contributed by atoms with E-state index in [0.29, 0.717) is 23.7 Å². The molecule has 0 saturated carbocycles. The first kappa shape index (κ1) is 26.3. The molecule has 10 heteroatoms. The standard InChI is InChI=1S/C28H30O8SSi/c1-38(2,3)15-14-33-28-18-25(29)35-27(28)34-24-17-21(36-37(30,31)22-12-8-5-9-13-22)16-23(26(24)28)32-19-20-10-6-4-7-11-20/h4-13,16-17,27H,14-15,18-19H2,1-3H3. The number of esters is 1. The zero-order valence-electron chi connectivity index (χ0n) is 21.5. The fourth-order valence-electron chi connectivity index (χ4n) is 4.46. The van der Waals surface area contributed by atoms with E-state index in [-0.39, 0.29) is 23.7 Å². The molecule has 2 heterocycles. The van der Waals surface area contributed by atoms with Gasteiger partial charge in [0, 0.05) is 26.8 Å². The lowest BCUT2D eigenvalue weighted by Crippen LogP contribution is -2.38. The third kappa shape index (κ3) is 5.43. The van der Waals surface area contributed by atoms with Crippen molar-refractivity contribution in [3.05, 3.63) is 83.9 Å². The molecule has 0 bridgehead atoms. The Bertz CT molecular complexity index is 1420. The van der Waals surface area contributed by atoms with Crippen LogP contribution in [0.1, 0.15) is 17.5 Å². The molecule has 1 fully saturated rings. The van der Waals surface area contributed by atoms with Crippen molar-refractivity contribution < 1.29 is 36.3 Å². The zero-order valence-corrected chi connectivity index (χ0v) is 23.3. The number of rotatable bonds is 10. The summed E-state index contributed by atoms with van der Waals surface area (Å²) in [5.74, 6) is 0.173. The molecule has 2 unspecified atom stereocenters. The molecule has 2 atom stereocenters. The fraction of sp³-hybridized carbons (Fsp3) is 0.321. The minimum absolute atomic E-state index is 0.0132. The second-order valence-corrected chi connectivity index (χ2v) is 17.8. The number of carbonyl (C=O) groups is 1. The maximum Gasteiger partial charge on any atom is 0.339 e. The lowest BCUT2D eigenvalue weighted by atomic mass is 9.91. The largest absolute Gasteiger partial charge is 0.488 e. The van der Waals surface area contributed by atoms with Crippen molar-refractivity contribution in [2.24, 2.45) is 0 Å². The molecule has 38 heavy (non-hydrogen) atoms. The maximum absolute atomic E-state index is 12.9. The number of carbonyl (C=O) groups excluding carboxylic acids is 1. The first-order chi connectivity index (χ1) is 18.1. The highest BCUT2D eigenvalue weighted by Crippen LogP contribution is 2.55. The van der Waals surface area contributed by atoms with Crippen LogP contribution in [-0.2, 0) is 36.6 Å². The van der Waals surface area contributed by atoms with E-state index in [1.807, 2.05) is 30.3 Å². The van der Waals surface area contributed by atoms with E-state index in [9.17, 15) is 13.2 Å². The highest BCUT2D eigenvalue weighted by Gasteiger charge is 2.61. The quantitative estimate of drug-likeness (QED) is 0.190. The van der Waals surface area contributed by atoms with Crippen LogP contribution in [0.4, 0.5) is 0 Å². The Hall–Kier alpha value is -3.34. The number of hydrogen-bond donors (Lipinski definition) is 0. The highest BCUT2D eigenvalue weighted by molar-refractivity contribution is 7.87. The summed E-state index contributed by atoms with van der Waals surface area (Å²) in [5, 5.41) is 0. The summed E-state index contributed by atoms with van der Waals surface area (Å²) in [4.78, 5) is 12.4. The van der Waals surface area contributed by atoms with E-state index < -0.39 is 36.1 Å². The lowest BCUT2D eigenvalue weighted by molar-refractivity contribution is -0.168. The predicted octanol–water partition coefficient (Wildman–Crippen LogP) is 5.25. The van der Waals surface area contributed by atoms with Crippen molar-refractivity contribution in [2.45, 2.75) is 55.5 Å². The molecular formula is C28H30O8SSi. The monoisotopic (exact) mass is 554 g/mol. The Kier molecular flexibility index (Phi) is 6.97. The molecule has 0 N–H and O–H groups in total. The van der Waals surface area contributed by atoms with E-state index in [4.69, 9.17) is 23.1 Å². The van der Waals surface area contributed by atoms with E-state index in [1.165, 1.54) is 24.3 Å². The van der Waals surface area contributed by atoms with Crippen LogP contribution >= 0.6 is 0 Å². The van der Waals surface area contributed by atoms with Crippen LogP contribution in [0.15, 0.2) is 77.7 Å². The van der Waals surface area contributed by atoms with Crippen LogP contribution in [0.25, 0.3) is 0 Å². The molecular weight excluding hydrogens is 524 g/mol. The smallest absolute Gasteiger partial charge is 0.339 e. The van der Waals surface area contributed by atoms with E-state index in [2.05, 4.69) is 19.6 Å². The van der Waals surface area contributed by atoms with Gasteiger partial charge in [-0.25, -0.2) is 0 Å². The molecule has 3 aromatic rings. The number of hydrogen-bond acceptors (Lipinski definition) is 8. The number of benzene rings is 3. The summed E-state index contributed by atoms with van der Waals surface area (Å²) in [6.07, 6.45) is -1.05. The number of ether oxygens (including phenoxy) is 4. The van der Waals surface area contributed by atoms with Gasteiger partial charge >= 0.3 is 16.1 Å². The van der Waals surface area contributed by atoms with Gasteiger partial charge in [0.1, 0.15) is 28.8 Å². The SMILES string of the molecule is C[Si](C)(C)CCOC12CC(=O)OC1Oc1cc(OS(=O)(=O)c3ccccc3)cc(OCc3ccccc3)c12. The normalized spacial score (nSPS) is 20.3.